The summed E-state index contributed by atoms with van der Waals surface area (Å²) in [7, 11) is 0. The fourth-order valence-corrected chi connectivity index (χ4v) is 3.60. The van der Waals surface area contributed by atoms with Gasteiger partial charge >= 0.3 is 0 Å². The molecular formula is C28H24N8. The molecular weight excluding hydrogens is 448 g/mol. The first-order chi connectivity index (χ1) is 17.7. The van der Waals surface area contributed by atoms with Crippen molar-refractivity contribution in [3.63, 3.8) is 0 Å². The highest BCUT2D eigenvalue weighted by atomic mass is 15.3. The van der Waals surface area contributed by atoms with Crippen LogP contribution >= 0.6 is 0 Å². The Morgan fingerprint density at radius 3 is 1.28 bits per heavy atom. The van der Waals surface area contributed by atoms with Gasteiger partial charge in [-0.1, -0.05) is 47.5 Å². The second-order valence-electron chi connectivity index (χ2n) is 8.15. The summed E-state index contributed by atoms with van der Waals surface area (Å²) in [5.74, 6) is 1.50. The van der Waals surface area contributed by atoms with Crippen LogP contribution in [0.3, 0.4) is 0 Å². The van der Waals surface area contributed by atoms with Crippen molar-refractivity contribution in [1.29, 1.82) is 0 Å². The number of benzene rings is 2. The quantitative estimate of drug-likeness (QED) is 0.347. The molecule has 0 unspecified atom stereocenters. The first-order valence-electron chi connectivity index (χ1n) is 11.5. The van der Waals surface area contributed by atoms with Crippen LogP contribution in [0.5, 0.6) is 0 Å². The topological polar surface area (TPSA) is 87.2 Å². The molecule has 6 aromatic rings. The van der Waals surface area contributed by atoms with Gasteiger partial charge in [-0.15, -0.1) is 20.4 Å². The summed E-state index contributed by atoms with van der Waals surface area (Å²) in [6.07, 6.45) is 6.91. The molecule has 8 nitrogen and oxygen atoms in total. The van der Waals surface area contributed by atoms with Crippen molar-refractivity contribution in [2.24, 2.45) is 0 Å². The fraction of sp³-hybridized carbons (Fsp3) is 0.0714. The third kappa shape index (κ3) is 5.07. The average molecular weight is 473 g/mol. The first-order valence-corrected chi connectivity index (χ1v) is 11.5. The van der Waals surface area contributed by atoms with Crippen LogP contribution in [0.15, 0.2) is 110 Å². The van der Waals surface area contributed by atoms with Crippen molar-refractivity contribution >= 4 is 0 Å². The van der Waals surface area contributed by atoms with E-state index in [1.165, 1.54) is 11.1 Å². The zero-order valence-corrected chi connectivity index (χ0v) is 20.0. The van der Waals surface area contributed by atoms with E-state index in [1.807, 2.05) is 69.8 Å². The number of rotatable bonds is 4. The van der Waals surface area contributed by atoms with Crippen molar-refractivity contribution in [2.75, 3.05) is 0 Å². The number of nitrogens with zero attached hydrogens (tertiary/aromatic N) is 8. The minimum atomic E-state index is 0.749. The van der Waals surface area contributed by atoms with E-state index in [0.717, 1.165) is 34.4 Å². The number of aromatic nitrogens is 8. The summed E-state index contributed by atoms with van der Waals surface area (Å²) >= 11 is 0. The molecule has 0 atom stereocenters. The van der Waals surface area contributed by atoms with Gasteiger partial charge in [0.15, 0.2) is 11.6 Å². The van der Waals surface area contributed by atoms with E-state index in [2.05, 4.69) is 68.5 Å². The van der Waals surface area contributed by atoms with E-state index >= 15 is 0 Å². The number of hydrogen-bond acceptors (Lipinski definition) is 6. The lowest BCUT2D eigenvalue weighted by Crippen LogP contribution is -1.97. The van der Waals surface area contributed by atoms with Gasteiger partial charge in [0.25, 0.3) is 0 Å². The molecule has 8 heteroatoms. The molecule has 0 spiro atoms. The molecule has 4 aromatic heterocycles. The van der Waals surface area contributed by atoms with Gasteiger partial charge in [-0.05, 0) is 62.4 Å². The Morgan fingerprint density at radius 2 is 0.917 bits per heavy atom. The molecule has 36 heavy (non-hydrogen) atoms. The highest BCUT2D eigenvalue weighted by Gasteiger charge is 2.10. The molecule has 6 rings (SSSR count). The van der Waals surface area contributed by atoms with Gasteiger partial charge in [0, 0.05) is 23.8 Å². The highest BCUT2D eigenvalue weighted by Crippen LogP contribution is 2.19. The first kappa shape index (κ1) is 22.8. The van der Waals surface area contributed by atoms with Crippen LogP contribution in [0.1, 0.15) is 11.1 Å². The van der Waals surface area contributed by atoms with Crippen LogP contribution in [0.2, 0.25) is 0 Å². The van der Waals surface area contributed by atoms with Crippen LogP contribution in [0.25, 0.3) is 34.4 Å². The molecule has 4 heterocycles. The zero-order chi connectivity index (χ0) is 24.7. The van der Waals surface area contributed by atoms with Crippen molar-refractivity contribution < 1.29 is 0 Å². The van der Waals surface area contributed by atoms with Gasteiger partial charge < -0.3 is 0 Å². The van der Waals surface area contributed by atoms with Gasteiger partial charge in [0.05, 0.1) is 0 Å². The maximum atomic E-state index is 4.30. The minimum Gasteiger partial charge on any atom is -0.280 e. The molecule has 0 aliphatic heterocycles. The van der Waals surface area contributed by atoms with Crippen molar-refractivity contribution in [2.45, 2.75) is 13.8 Å². The normalized spacial score (nSPS) is 10.5. The molecule has 0 saturated heterocycles. The molecule has 0 aliphatic rings. The Bertz CT molecular complexity index is 1400. The van der Waals surface area contributed by atoms with E-state index < -0.39 is 0 Å². The lowest BCUT2D eigenvalue weighted by atomic mass is 10.2. The molecule has 0 saturated carbocycles. The molecule has 0 amide bonds. The van der Waals surface area contributed by atoms with Gasteiger partial charge in [0.1, 0.15) is 24.0 Å². The molecule has 0 aliphatic carbocycles. The summed E-state index contributed by atoms with van der Waals surface area (Å²) in [6, 6.07) is 28.0. The predicted molar refractivity (Wildman–Crippen MR) is 139 cm³/mol. The molecule has 0 bridgehead atoms. The maximum Gasteiger partial charge on any atom is 0.186 e. The second kappa shape index (κ2) is 10.5. The molecule has 0 fully saturated rings. The molecule has 0 radical (unpaired) electrons. The van der Waals surface area contributed by atoms with E-state index in [0.29, 0.717) is 0 Å². The monoisotopic (exact) mass is 472 g/mol. The van der Waals surface area contributed by atoms with Crippen LogP contribution in [-0.4, -0.2) is 39.5 Å². The zero-order valence-electron chi connectivity index (χ0n) is 20.0. The van der Waals surface area contributed by atoms with Crippen LogP contribution < -0.4 is 0 Å². The third-order valence-electron chi connectivity index (χ3n) is 5.51. The lowest BCUT2D eigenvalue weighted by Gasteiger charge is -2.06. The van der Waals surface area contributed by atoms with E-state index in [1.54, 1.807) is 25.0 Å². The Morgan fingerprint density at radius 1 is 0.500 bits per heavy atom. The Kier molecular flexibility index (Phi) is 6.66. The highest BCUT2D eigenvalue weighted by molar-refractivity contribution is 5.54. The smallest absolute Gasteiger partial charge is 0.186 e. The van der Waals surface area contributed by atoms with Crippen molar-refractivity contribution in [3.05, 3.63) is 121 Å². The Hall–Kier alpha value is -4.98. The summed E-state index contributed by atoms with van der Waals surface area (Å²) < 4.78 is 3.86. The molecule has 0 N–H and O–H groups in total. The van der Waals surface area contributed by atoms with E-state index in [-0.39, 0.29) is 0 Å². The summed E-state index contributed by atoms with van der Waals surface area (Å²) in [6.45, 7) is 4.13. The lowest BCUT2D eigenvalue weighted by molar-refractivity contribution is 1.05. The van der Waals surface area contributed by atoms with Gasteiger partial charge in [-0.25, -0.2) is 0 Å². The third-order valence-corrected chi connectivity index (χ3v) is 5.51. The fourth-order valence-electron chi connectivity index (χ4n) is 3.60. The van der Waals surface area contributed by atoms with Gasteiger partial charge in [-0.2, -0.15) is 0 Å². The van der Waals surface area contributed by atoms with Crippen molar-refractivity contribution in [3.8, 4) is 34.4 Å². The van der Waals surface area contributed by atoms with Crippen LogP contribution in [-0.2, 0) is 0 Å². The number of pyridine rings is 2. The predicted octanol–water partition coefficient (Wildman–Crippen LogP) is 5.28. The maximum absolute atomic E-state index is 4.30. The van der Waals surface area contributed by atoms with Crippen LogP contribution in [0, 0.1) is 13.8 Å². The standard InChI is InChI=1S/2C14H12N4/c2*1-11-5-7-12(8-6-11)18-10-16-17-14(18)13-4-2-3-9-15-13/h2*2-10H,1H3. The summed E-state index contributed by atoms with van der Waals surface area (Å²) in [5, 5.41) is 16.2. The van der Waals surface area contributed by atoms with E-state index in [9.17, 15) is 0 Å². The van der Waals surface area contributed by atoms with Crippen molar-refractivity contribution in [1.82, 2.24) is 39.5 Å². The SMILES string of the molecule is Cc1ccc(-n2cnnc2-c2ccccn2)cc1.Cc1ccc(-n2cnnc2-c2ccccn2)cc1. The minimum absolute atomic E-state index is 0.749. The number of aryl methyl sites for hydroxylation is 2. The van der Waals surface area contributed by atoms with Gasteiger partial charge in [0.2, 0.25) is 0 Å². The van der Waals surface area contributed by atoms with E-state index in [4.69, 9.17) is 0 Å². The Balaban J connectivity index is 0.000000148. The van der Waals surface area contributed by atoms with Crippen LogP contribution in [0.4, 0.5) is 0 Å². The largest absolute Gasteiger partial charge is 0.280 e. The Labute approximate surface area is 209 Å². The second-order valence-corrected chi connectivity index (χ2v) is 8.15. The summed E-state index contributed by atoms with van der Waals surface area (Å²) in [5.41, 5.74) is 6.15. The number of hydrogen-bond donors (Lipinski definition) is 0. The molecule has 176 valence electrons. The van der Waals surface area contributed by atoms with Gasteiger partial charge in [-0.3, -0.25) is 19.1 Å². The molecule has 2 aromatic carbocycles. The average Bonchev–Trinajstić information content (AvgIpc) is 3.62. The summed E-state index contributed by atoms with van der Waals surface area (Å²) in [4.78, 5) is 8.60.